The molecule has 1 atom stereocenters. The molecule has 4 nitrogen and oxygen atoms in total. The van der Waals surface area contributed by atoms with Gasteiger partial charge in [-0.1, -0.05) is 0 Å². The second-order valence-electron chi connectivity index (χ2n) is 5.28. The predicted molar refractivity (Wildman–Crippen MR) is 86.9 cm³/mol. The van der Waals surface area contributed by atoms with Gasteiger partial charge >= 0.3 is 0 Å². The summed E-state index contributed by atoms with van der Waals surface area (Å²) in [4.78, 5) is 14.6. The summed E-state index contributed by atoms with van der Waals surface area (Å²) in [5.41, 5.74) is 1.81. The number of hydrogen-bond acceptors (Lipinski definition) is 4. The van der Waals surface area contributed by atoms with Crippen molar-refractivity contribution >= 4 is 17.2 Å². The van der Waals surface area contributed by atoms with E-state index in [4.69, 9.17) is 9.47 Å². The van der Waals surface area contributed by atoms with E-state index in [0.29, 0.717) is 0 Å². The summed E-state index contributed by atoms with van der Waals surface area (Å²) in [5, 5.41) is 3.84. The maximum absolute atomic E-state index is 12.7. The van der Waals surface area contributed by atoms with Gasteiger partial charge in [0.25, 0.3) is 5.91 Å². The largest absolute Gasteiger partial charge is 0.497 e. The van der Waals surface area contributed by atoms with Crippen LogP contribution in [0.25, 0.3) is 0 Å². The van der Waals surface area contributed by atoms with E-state index in [9.17, 15) is 4.79 Å². The van der Waals surface area contributed by atoms with E-state index in [1.54, 1.807) is 25.6 Å². The van der Waals surface area contributed by atoms with Crippen molar-refractivity contribution in [2.24, 2.45) is 0 Å². The standard InChI is InChI=1S/C17H19NO3S/c1-20-13-5-6-14(16(10-13)21-2)15-4-3-8-18(15)17(19)12-7-9-22-11-12/h5-7,9-11,15H,3-4,8H2,1-2H3/t15-/m0/s1. The highest BCUT2D eigenvalue weighted by atomic mass is 32.1. The van der Waals surface area contributed by atoms with Gasteiger partial charge in [0, 0.05) is 23.6 Å². The second-order valence-corrected chi connectivity index (χ2v) is 6.06. The van der Waals surface area contributed by atoms with Gasteiger partial charge in [0.1, 0.15) is 11.5 Å². The van der Waals surface area contributed by atoms with E-state index >= 15 is 0 Å². The van der Waals surface area contributed by atoms with E-state index in [-0.39, 0.29) is 11.9 Å². The van der Waals surface area contributed by atoms with Gasteiger partial charge < -0.3 is 14.4 Å². The smallest absolute Gasteiger partial charge is 0.255 e. The highest BCUT2D eigenvalue weighted by Crippen LogP contribution is 2.39. The normalized spacial score (nSPS) is 17.5. The lowest BCUT2D eigenvalue weighted by atomic mass is 10.0. The molecule has 0 aliphatic carbocycles. The van der Waals surface area contributed by atoms with Crippen LogP contribution >= 0.6 is 11.3 Å². The molecule has 0 unspecified atom stereocenters. The third-order valence-corrected chi connectivity index (χ3v) is 4.76. The number of carbonyl (C=O) groups is 1. The SMILES string of the molecule is COc1ccc([C@@H]2CCCN2C(=O)c2ccsc2)c(OC)c1. The van der Waals surface area contributed by atoms with Gasteiger partial charge in [-0.25, -0.2) is 0 Å². The van der Waals surface area contributed by atoms with E-state index in [1.807, 2.05) is 39.9 Å². The van der Waals surface area contributed by atoms with Gasteiger partial charge in [0.2, 0.25) is 0 Å². The Hall–Kier alpha value is -2.01. The first-order valence-electron chi connectivity index (χ1n) is 7.29. The molecule has 1 amide bonds. The number of nitrogens with zero attached hydrogens (tertiary/aromatic N) is 1. The molecular formula is C17H19NO3S. The van der Waals surface area contributed by atoms with Gasteiger partial charge in [-0.15, -0.1) is 0 Å². The fraction of sp³-hybridized carbons (Fsp3) is 0.353. The summed E-state index contributed by atoms with van der Waals surface area (Å²) in [6.07, 6.45) is 1.97. The van der Waals surface area contributed by atoms with Crippen molar-refractivity contribution in [3.8, 4) is 11.5 Å². The van der Waals surface area contributed by atoms with Gasteiger partial charge in [0.15, 0.2) is 0 Å². The third kappa shape index (κ3) is 2.68. The first kappa shape index (κ1) is 14.9. The molecule has 1 aromatic carbocycles. The molecule has 1 saturated heterocycles. The summed E-state index contributed by atoms with van der Waals surface area (Å²) >= 11 is 1.55. The van der Waals surface area contributed by atoms with E-state index in [1.165, 1.54) is 0 Å². The Kier molecular flexibility index (Phi) is 4.34. The summed E-state index contributed by atoms with van der Waals surface area (Å²) in [7, 11) is 3.29. The zero-order chi connectivity index (χ0) is 15.5. The quantitative estimate of drug-likeness (QED) is 0.862. The van der Waals surface area contributed by atoms with Crippen molar-refractivity contribution in [1.82, 2.24) is 4.90 Å². The first-order chi connectivity index (χ1) is 10.7. The molecule has 22 heavy (non-hydrogen) atoms. The molecule has 116 valence electrons. The number of rotatable bonds is 4. The van der Waals surface area contributed by atoms with Crippen molar-refractivity contribution in [3.05, 3.63) is 46.2 Å². The minimum Gasteiger partial charge on any atom is -0.497 e. The molecular weight excluding hydrogens is 298 g/mol. The predicted octanol–water partition coefficient (Wildman–Crippen LogP) is 3.74. The highest BCUT2D eigenvalue weighted by molar-refractivity contribution is 7.08. The number of benzene rings is 1. The van der Waals surface area contributed by atoms with Crippen molar-refractivity contribution in [2.75, 3.05) is 20.8 Å². The van der Waals surface area contributed by atoms with Crippen LogP contribution < -0.4 is 9.47 Å². The molecule has 2 aromatic rings. The minimum absolute atomic E-state index is 0.0632. The van der Waals surface area contributed by atoms with Crippen LogP contribution in [0, 0.1) is 0 Å². The average molecular weight is 317 g/mol. The Morgan fingerprint density at radius 1 is 1.27 bits per heavy atom. The number of methoxy groups -OCH3 is 2. The summed E-state index contributed by atoms with van der Waals surface area (Å²) in [6.45, 7) is 0.786. The highest BCUT2D eigenvalue weighted by Gasteiger charge is 2.32. The average Bonchev–Trinajstić information content (AvgIpc) is 3.24. The molecule has 1 fully saturated rings. The van der Waals surface area contributed by atoms with Crippen LogP contribution in [0.3, 0.4) is 0 Å². The monoisotopic (exact) mass is 317 g/mol. The van der Waals surface area contributed by atoms with Crippen LogP contribution in [0.2, 0.25) is 0 Å². The molecule has 1 aromatic heterocycles. The Balaban J connectivity index is 1.91. The lowest BCUT2D eigenvalue weighted by Gasteiger charge is -2.26. The molecule has 0 saturated carbocycles. The first-order valence-corrected chi connectivity index (χ1v) is 8.24. The zero-order valence-electron chi connectivity index (χ0n) is 12.7. The van der Waals surface area contributed by atoms with Crippen LogP contribution in [0.5, 0.6) is 11.5 Å². The number of hydrogen-bond donors (Lipinski definition) is 0. The molecule has 0 spiro atoms. The Morgan fingerprint density at radius 3 is 2.82 bits per heavy atom. The molecule has 2 heterocycles. The fourth-order valence-corrected chi connectivity index (χ4v) is 3.61. The Labute approximate surface area is 134 Å². The summed E-state index contributed by atoms with van der Waals surface area (Å²) < 4.78 is 10.8. The van der Waals surface area contributed by atoms with Crippen LogP contribution in [0.1, 0.15) is 34.8 Å². The summed E-state index contributed by atoms with van der Waals surface area (Å²) in [6, 6.07) is 7.74. The Bertz CT molecular complexity index is 654. The molecule has 0 radical (unpaired) electrons. The topological polar surface area (TPSA) is 38.8 Å². The molecule has 0 N–H and O–H groups in total. The minimum atomic E-state index is 0.0632. The van der Waals surface area contributed by atoms with Gasteiger partial charge in [-0.05, 0) is 36.4 Å². The van der Waals surface area contributed by atoms with Crippen molar-refractivity contribution in [2.45, 2.75) is 18.9 Å². The van der Waals surface area contributed by atoms with Crippen LogP contribution in [-0.4, -0.2) is 31.6 Å². The number of likely N-dealkylation sites (tertiary alicyclic amines) is 1. The van der Waals surface area contributed by atoms with Crippen molar-refractivity contribution in [1.29, 1.82) is 0 Å². The van der Waals surface area contributed by atoms with E-state index in [2.05, 4.69) is 0 Å². The van der Waals surface area contributed by atoms with Gasteiger partial charge in [-0.3, -0.25) is 4.79 Å². The Morgan fingerprint density at radius 2 is 2.14 bits per heavy atom. The molecule has 0 bridgehead atoms. The molecule has 3 rings (SSSR count). The number of carbonyl (C=O) groups excluding carboxylic acids is 1. The van der Waals surface area contributed by atoms with Gasteiger partial charge in [0.05, 0.1) is 25.8 Å². The fourth-order valence-electron chi connectivity index (χ4n) is 2.98. The second kappa shape index (κ2) is 6.40. The number of ether oxygens (including phenoxy) is 2. The number of thiophene rings is 1. The maximum atomic E-state index is 12.7. The lowest BCUT2D eigenvalue weighted by molar-refractivity contribution is 0.0734. The van der Waals surface area contributed by atoms with Crippen LogP contribution in [-0.2, 0) is 0 Å². The van der Waals surface area contributed by atoms with Crippen molar-refractivity contribution < 1.29 is 14.3 Å². The molecule has 1 aliphatic heterocycles. The molecule has 1 aliphatic rings. The third-order valence-electron chi connectivity index (χ3n) is 4.08. The van der Waals surface area contributed by atoms with Gasteiger partial charge in [-0.2, -0.15) is 11.3 Å². The van der Waals surface area contributed by atoms with Crippen molar-refractivity contribution in [3.63, 3.8) is 0 Å². The number of amides is 1. The zero-order valence-corrected chi connectivity index (χ0v) is 13.6. The summed E-state index contributed by atoms with van der Waals surface area (Å²) in [5.74, 6) is 1.63. The maximum Gasteiger partial charge on any atom is 0.255 e. The van der Waals surface area contributed by atoms with Crippen LogP contribution in [0.15, 0.2) is 35.0 Å². The molecule has 5 heteroatoms. The van der Waals surface area contributed by atoms with E-state index < -0.39 is 0 Å². The van der Waals surface area contributed by atoms with E-state index in [0.717, 1.165) is 42.0 Å². The lowest BCUT2D eigenvalue weighted by Crippen LogP contribution is -2.30. The van der Waals surface area contributed by atoms with Crippen LogP contribution in [0.4, 0.5) is 0 Å².